The van der Waals surface area contributed by atoms with Crippen LogP contribution in [-0.4, -0.2) is 82.6 Å². The fraction of sp³-hybridized carbons (Fsp3) is 0.714. The van der Waals surface area contributed by atoms with Gasteiger partial charge in [0, 0.05) is 38.6 Å². The molecule has 1 aromatic rings. The van der Waals surface area contributed by atoms with Gasteiger partial charge in [0.15, 0.2) is 5.60 Å². The van der Waals surface area contributed by atoms with Crippen LogP contribution in [-0.2, 0) is 39.7 Å². The van der Waals surface area contributed by atoms with Crippen molar-refractivity contribution >= 4 is 16.0 Å². The summed E-state index contributed by atoms with van der Waals surface area (Å²) in [5.74, 6) is 0.285. The van der Waals surface area contributed by atoms with E-state index in [0.29, 0.717) is 11.4 Å². The van der Waals surface area contributed by atoms with Crippen LogP contribution in [0.3, 0.4) is 0 Å². The van der Waals surface area contributed by atoms with Crippen molar-refractivity contribution in [3.05, 3.63) is 24.0 Å². The molecule has 0 aromatic carbocycles. The molecular weight excluding hydrogens is 440 g/mol. The second-order valence-electron chi connectivity index (χ2n) is 7.87. The Kier molecular flexibility index (Phi) is 9.83. The van der Waals surface area contributed by atoms with Crippen molar-refractivity contribution < 1.29 is 36.3 Å². The molecule has 2 rings (SSSR count). The van der Waals surface area contributed by atoms with E-state index in [1.807, 2.05) is 6.92 Å². The third-order valence-corrected chi connectivity index (χ3v) is 5.78. The average Bonchev–Trinajstić information content (AvgIpc) is 2.74. The second kappa shape index (κ2) is 11.9. The van der Waals surface area contributed by atoms with Gasteiger partial charge in [-0.3, -0.25) is 14.0 Å². The number of β-lactam (4-membered cyclic amide) rings is 1. The Labute approximate surface area is 190 Å². The lowest BCUT2D eigenvalue weighted by Gasteiger charge is -2.54. The van der Waals surface area contributed by atoms with Gasteiger partial charge in [-0.15, -0.1) is 0 Å². The van der Waals surface area contributed by atoms with Gasteiger partial charge in [0.1, 0.15) is 19.3 Å². The summed E-state index contributed by atoms with van der Waals surface area (Å²) >= 11 is 0. The zero-order valence-electron chi connectivity index (χ0n) is 19.4. The summed E-state index contributed by atoms with van der Waals surface area (Å²) in [5.41, 5.74) is -0.838. The van der Waals surface area contributed by atoms with Gasteiger partial charge in [0.25, 0.3) is 16.0 Å². The molecule has 1 fully saturated rings. The van der Waals surface area contributed by atoms with Gasteiger partial charge in [-0.2, -0.15) is 8.42 Å². The van der Waals surface area contributed by atoms with Gasteiger partial charge in [-0.1, -0.05) is 19.8 Å². The zero-order chi connectivity index (χ0) is 23.8. The fourth-order valence-corrected chi connectivity index (χ4v) is 4.03. The Morgan fingerprint density at radius 1 is 1.28 bits per heavy atom. The Morgan fingerprint density at radius 2 is 2.03 bits per heavy atom. The molecule has 1 aromatic heterocycles. The normalized spacial score (nSPS) is 22.0. The van der Waals surface area contributed by atoms with Crippen LogP contribution in [0.1, 0.15) is 38.8 Å². The maximum absolute atomic E-state index is 13.1. The number of carbonyl (C=O) groups is 1. The molecule has 0 N–H and O–H groups in total. The van der Waals surface area contributed by atoms with E-state index in [2.05, 4.69) is 11.9 Å². The molecule has 0 unspecified atom stereocenters. The van der Waals surface area contributed by atoms with Gasteiger partial charge in [-0.25, -0.2) is 0 Å². The maximum atomic E-state index is 13.1. The van der Waals surface area contributed by atoms with Crippen LogP contribution in [0.25, 0.3) is 0 Å². The lowest BCUT2D eigenvalue weighted by Crippen LogP contribution is -2.77. The molecule has 1 saturated heterocycles. The van der Waals surface area contributed by atoms with E-state index in [1.54, 1.807) is 18.3 Å². The van der Waals surface area contributed by atoms with Crippen molar-refractivity contribution in [3.8, 4) is 5.75 Å². The van der Waals surface area contributed by atoms with Crippen LogP contribution < -0.4 is 4.74 Å². The van der Waals surface area contributed by atoms with Crippen LogP contribution in [0.15, 0.2) is 18.3 Å². The van der Waals surface area contributed by atoms with Gasteiger partial charge in [0.05, 0.1) is 25.0 Å². The number of carbonyl (C=O) groups excluding carboxylic acids is 1. The van der Waals surface area contributed by atoms with E-state index in [9.17, 15) is 13.2 Å². The lowest BCUT2D eigenvalue weighted by molar-refractivity contribution is -0.236. The molecular formula is C21H34N2O8S. The zero-order valence-corrected chi connectivity index (χ0v) is 20.2. The summed E-state index contributed by atoms with van der Waals surface area (Å²) in [4.78, 5) is 18.8. The van der Waals surface area contributed by atoms with Crippen molar-refractivity contribution in [2.75, 3.05) is 40.6 Å². The van der Waals surface area contributed by atoms with Crippen molar-refractivity contribution in [3.63, 3.8) is 0 Å². The predicted octanol–water partition coefficient (Wildman–Crippen LogP) is 1.73. The Bertz CT molecular complexity index is 850. The number of rotatable bonds is 15. The minimum absolute atomic E-state index is 0.0275. The molecule has 0 bridgehead atoms. The molecule has 2 heterocycles. The van der Waals surface area contributed by atoms with Gasteiger partial charge in [0.2, 0.25) is 0 Å². The maximum Gasteiger partial charge on any atom is 0.264 e. The topological polar surface area (TPSA) is 113 Å². The van der Waals surface area contributed by atoms with Crippen LogP contribution in [0.5, 0.6) is 5.75 Å². The summed E-state index contributed by atoms with van der Waals surface area (Å²) in [6.07, 6.45) is 5.79. The number of methoxy groups -OCH3 is 2. The first-order valence-corrected chi connectivity index (χ1v) is 12.4. The summed E-state index contributed by atoms with van der Waals surface area (Å²) in [6.45, 7) is 3.67. The highest BCUT2D eigenvalue weighted by atomic mass is 32.2. The number of likely N-dealkylation sites (tertiary alicyclic amines) is 1. The van der Waals surface area contributed by atoms with Crippen molar-refractivity contribution in [2.24, 2.45) is 0 Å². The van der Waals surface area contributed by atoms with Gasteiger partial charge >= 0.3 is 0 Å². The third-order valence-electron chi connectivity index (χ3n) is 5.21. The van der Waals surface area contributed by atoms with Crippen molar-refractivity contribution in [1.29, 1.82) is 0 Å². The van der Waals surface area contributed by atoms with Crippen molar-refractivity contribution in [1.82, 2.24) is 9.88 Å². The molecule has 10 nitrogen and oxygen atoms in total. The molecule has 1 aliphatic heterocycles. The monoisotopic (exact) mass is 474 g/mol. The molecule has 0 radical (unpaired) electrons. The first kappa shape index (κ1) is 26.5. The highest BCUT2D eigenvalue weighted by Crippen LogP contribution is 2.38. The standard InChI is InChI=1S/C21H34N2O8S/c1-6-7-8-16(2)31-18-9-10-22-17(11-18)12-21(29-15-28-4)19(13-30-32(5,25)26)23(14-27-3)20(21)24/h9-11,16,19H,6-8,12-15H2,1-5H3/t16-,19+,21-/m1/s1. The number of ether oxygens (including phenoxy) is 4. The van der Waals surface area contributed by atoms with Crippen LogP contribution in [0.4, 0.5) is 0 Å². The van der Waals surface area contributed by atoms with E-state index in [0.717, 1.165) is 25.5 Å². The number of hydrogen-bond acceptors (Lipinski definition) is 9. The number of unbranched alkanes of at least 4 members (excludes halogenated alkanes) is 1. The Balaban J connectivity index is 2.27. The molecule has 182 valence electrons. The quantitative estimate of drug-likeness (QED) is 0.213. The number of pyridine rings is 1. The first-order chi connectivity index (χ1) is 15.2. The van der Waals surface area contributed by atoms with Gasteiger partial charge in [-0.05, 0) is 19.4 Å². The smallest absolute Gasteiger partial charge is 0.264 e. The predicted molar refractivity (Wildman–Crippen MR) is 117 cm³/mol. The molecule has 32 heavy (non-hydrogen) atoms. The SMILES string of the molecule is CCCC[C@@H](C)Oc1ccnc(C[C@]2(OCOC)C(=O)N(COC)[C@H]2COS(C)(=O)=O)c1. The molecule has 0 saturated carbocycles. The first-order valence-electron chi connectivity index (χ1n) is 10.6. The molecule has 3 atom stereocenters. The molecule has 11 heteroatoms. The highest BCUT2D eigenvalue weighted by Gasteiger charge is 2.62. The largest absolute Gasteiger partial charge is 0.491 e. The summed E-state index contributed by atoms with van der Waals surface area (Å²) in [7, 11) is -0.839. The minimum Gasteiger partial charge on any atom is -0.491 e. The van der Waals surface area contributed by atoms with E-state index in [4.69, 9.17) is 23.1 Å². The van der Waals surface area contributed by atoms with Gasteiger partial charge < -0.3 is 23.8 Å². The van der Waals surface area contributed by atoms with Crippen LogP contribution in [0, 0.1) is 0 Å². The number of hydrogen-bond donors (Lipinski definition) is 0. The molecule has 0 aliphatic carbocycles. The highest BCUT2D eigenvalue weighted by molar-refractivity contribution is 7.85. The molecule has 0 spiro atoms. The molecule has 1 amide bonds. The number of nitrogens with zero attached hydrogens (tertiary/aromatic N) is 2. The summed E-state index contributed by atoms with van der Waals surface area (Å²) < 4.78 is 50.1. The van der Waals surface area contributed by atoms with Crippen LogP contribution >= 0.6 is 0 Å². The molecule has 1 aliphatic rings. The number of amides is 1. The van der Waals surface area contributed by atoms with Crippen LogP contribution in [0.2, 0.25) is 0 Å². The Morgan fingerprint density at radius 3 is 2.66 bits per heavy atom. The minimum atomic E-state index is -3.72. The Hall–Kier alpha value is -1.79. The average molecular weight is 475 g/mol. The van der Waals surface area contributed by atoms with E-state index < -0.39 is 21.8 Å². The van der Waals surface area contributed by atoms with E-state index in [1.165, 1.54) is 19.1 Å². The lowest BCUT2D eigenvalue weighted by atomic mass is 9.79. The van der Waals surface area contributed by atoms with Crippen molar-refractivity contribution in [2.45, 2.75) is 57.3 Å². The fourth-order valence-electron chi connectivity index (χ4n) is 3.66. The summed E-state index contributed by atoms with van der Waals surface area (Å²) in [5, 5.41) is 0. The third kappa shape index (κ3) is 6.85. The number of aromatic nitrogens is 1. The van der Waals surface area contributed by atoms with E-state index >= 15 is 0 Å². The summed E-state index contributed by atoms with van der Waals surface area (Å²) in [6, 6.07) is 2.81. The second-order valence-corrected chi connectivity index (χ2v) is 9.51. The van der Waals surface area contributed by atoms with E-state index in [-0.39, 0.29) is 38.6 Å².